The van der Waals surface area contributed by atoms with Crippen LogP contribution in [0.2, 0.25) is 10.0 Å². The molecule has 0 saturated heterocycles. The molecule has 2 unspecified atom stereocenters. The summed E-state index contributed by atoms with van der Waals surface area (Å²) in [4.78, 5) is 23.3. The minimum atomic E-state index is -1.17. The number of amides is 1. The number of ether oxygens (including phenoxy) is 1. The standard InChI is InChI=1S/C15H17Cl2NO4/c1-3-6-22-8-13(15(20)21)18-14(19)9(2)10-4-5-11(16)12(17)7-10/h3-5,7,9,13H,1,6,8H2,2H3,(H,18,19)(H,20,21). The third-order valence-electron chi connectivity index (χ3n) is 2.97. The number of nitrogens with one attached hydrogen (secondary N) is 1. The van der Waals surface area contributed by atoms with E-state index in [0.29, 0.717) is 15.6 Å². The van der Waals surface area contributed by atoms with E-state index < -0.39 is 23.8 Å². The van der Waals surface area contributed by atoms with E-state index in [-0.39, 0.29) is 13.2 Å². The minimum Gasteiger partial charge on any atom is -0.480 e. The van der Waals surface area contributed by atoms with Gasteiger partial charge in [-0.3, -0.25) is 4.79 Å². The van der Waals surface area contributed by atoms with Gasteiger partial charge in [-0.15, -0.1) is 6.58 Å². The van der Waals surface area contributed by atoms with Crippen LogP contribution in [0.3, 0.4) is 0 Å². The van der Waals surface area contributed by atoms with Gasteiger partial charge in [0, 0.05) is 0 Å². The Morgan fingerprint density at radius 3 is 2.64 bits per heavy atom. The Kier molecular flexibility index (Phi) is 7.38. The molecule has 1 aromatic carbocycles. The van der Waals surface area contributed by atoms with E-state index in [2.05, 4.69) is 11.9 Å². The molecular formula is C15H17Cl2NO4. The molecule has 0 saturated carbocycles. The van der Waals surface area contributed by atoms with Crippen molar-refractivity contribution in [2.75, 3.05) is 13.2 Å². The Labute approximate surface area is 138 Å². The molecule has 22 heavy (non-hydrogen) atoms. The minimum absolute atomic E-state index is 0.138. The van der Waals surface area contributed by atoms with Crippen molar-refractivity contribution in [1.29, 1.82) is 0 Å². The summed E-state index contributed by atoms with van der Waals surface area (Å²) in [5.74, 6) is -2.18. The first kappa shape index (κ1) is 18.5. The maximum Gasteiger partial charge on any atom is 0.328 e. The van der Waals surface area contributed by atoms with Gasteiger partial charge in [0.1, 0.15) is 0 Å². The zero-order valence-corrected chi connectivity index (χ0v) is 13.5. The molecule has 0 spiro atoms. The largest absolute Gasteiger partial charge is 0.480 e. The fourth-order valence-electron chi connectivity index (χ4n) is 1.67. The smallest absolute Gasteiger partial charge is 0.328 e. The Morgan fingerprint density at radius 1 is 1.41 bits per heavy atom. The zero-order chi connectivity index (χ0) is 16.7. The number of carboxylic acid groups (broad SMARTS) is 1. The van der Waals surface area contributed by atoms with Crippen molar-refractivity contribution in [1.82, 2.24) is 5.32 Å². The van der Waals surface area contributed by atoms with Crippen LogP contribution in [-0.2, 0) is 14.3 Å². The third-order valence-corrected chi connectivity index (χ3v) is 3.71. The summed E-state index contributed by atoms with van der Waals surface area (Å²) in [6, 6.07) is 3.71. The number of carbonyl (C=O) groups is 2. The van der Waals surface area contributed by atoms with Crippen LogP contribution in [0.5, 0.6) is 0 Å². The summed E-state index contributed by atoms with van der Waals surface area (Å²) in [6.07, 6.45) is 1.50. The van der Waals surface area contributed by atoms with Gasteiger partial charge < -0.3 is 15.2 Å². The molecule has 2 N–H and O–H groups in total. The van der Waals surface area contributed by atoms with Crippen molar-refractivity contribution in [3.63, 3.8) is 0 Å². The number of hydrogen-bond acceptors (Lipinski definition) is 3. The maximum absolute atomic E-state index is 12.2. The van der Waals surface area contributed by atoms with Crippen LogP contribution in [0.4, 0.5) is 0 Å². The lowest BCUT2D eigenvalue weighted by Gasteiger charge is -2.18. The molecule has 0 fully saturated rings. The van der Waals surface area contributed by atoms with Gasteiger partial charge in [-0.25, -0.2) is 4.79 Å². The number of halogens is 2. The van der Waals surface area contributed by atoms with Crippen LogP contribution < -0.4 is 5.32 Å². The highest BCUT2D eigenvalue weighted by Crippen LogP contribution is 2.26. The lowest BCUT2D eigenvalue weighted by Crippen LogP contribution is -2.45. The van der Waals surface area contributed by atoms with Gasteiger partial charge >= 0.3 is 5.97 Å². The van der Waals surface area contributed by atoms with Crippen LogP contribution >= 0.6 is 23.2 Å². The van der Waals surface area contributed by atoms with Gasteiger partial charge in [0.05, 0.1) is 29.2 Å². The molecule has 1 aromatic rings. The summed E-state index contributed by atoms with van der Waals surface area (Å²) < 4.78 is 5.08. The molecule has 0 aliphatic carbocycles. The molecule has 0 aliphatic heterocycles. The Morgan fingerprint density at radius 2 is 2.09 bits per heavy atom. The maximum atomic E-state index is 12.2. The summed E-state index contributed by atoms with van der Waals surface area (Å²) >= 11 is 11.7. The second-order valence-corrected chi connectivity index (χ2v) is 5.44. The molecule has 0 heterocycles. The predicted octanol–water partition coefficient (Wildman–Crippen LogP) is 2.87. The number of aliphatic carboxylic acids is 1. The quantitative estimate of drug-likeness (QED) is 0.561. The molecular weight excluding hydrogens is 329 g/mol. The molecule has 1 amide bonds. The fourth-order valence-corrected chi connectivity index (χ4v) is 1.98. The van der Waals surface area contributed by atoms with Gasteiger partial charge in [-0.2, -0.15) is 0 Å². The van der Waals surface area contributed by atoms with Crippen LogP contribution in [-0.4, -0.2) is 36.2 Å². The molecule has 1 rings (SSSR count). The van der Waals surface area contributed by atoms with E-state index in [4.69, 9.17) is 33.0 Å². The van der Waals surface area contributed by atoms with E-state index >= 15 is 0 Å². The van der Waals surface area contributed by atoms with E-state index in [1.165, 1.54) is 6.08 Å². The Hall–Kier alpha value is -1.56. The molecule has 5 nitrogen and oxygen atoms in total. The molecule has 120 valence electrons. The van der Waals surface area contributed by atoms with Crippen molar-refractivity contribution in [3.05, 3.63) is 46.5 Å². The number of carboxylic acids is 1. The topological polar surface area (TPSA) is 75.6 Å². The third kappa shape index (κ3) is 5.33. The summed E-state index contributed by atoms with van der Waals surface area (Å²) in [5, 5.41) is 12.3. The molecule has 0 aromatic heterocycles. The second kappa shape index (κ2) is 8.78. The van der Waals surface area contributed by atoms with E-state index in [1.807, 2.05) is 0 Å². The van der Waals surface area contributed by atoms with E-state index in [9.17, 15) is 9.59 Å². The first-order valence-corrected chi connectivity index (χ1v) is 7.29. The predicted molar refractivity (Wildman–Crippen MR) is 85.5 cm³/mol. The molecule has 2 atom stereocenters. The van der Waals surface area contributed by atoms with Gasteiger partial charge in [0.2, 0.25) is 5.91 Å². The lowest BCUT2D eigenvalue weighted by atomic mass is 10.00. The summed E-state index contributed by atoms with van der Waals surface area (Å²) in [5.41, 5.74) is 0.642. The number of hydrogen-bond donors (Lipinski definition) is 2. The Balaban J connectivity index is 2.73. The normalized spacial score (nSPS) is 13.2. The van der Waals surface area contributed by atoms with Gasteiger partial charge in [-0.05, 0) is 24.6 Å². The van der Waals surface area contributed by atoms with Gasteiger partial charge in [-0.1, -0.05) is 35.3 Å². The first-order valence-electron chi connectivity index (χ1n) is 6.53. The van der Waals surface area contributed by atoms with Crippen molar-refractivity contribution >= 4 is 35.1 Å². The van der Waals surface area contributed by atoms with Crippen molar-refractivity contribution in [3.8, 4) is 0 Å². The van der Waals surface area contributed by atoms with Gasteiger partial charge in [0.15, 0.2) is 6.04 Å². The first-order chi connectivity index (χ1) is 10.4. The van der Waals surface area contributed by atoms with E-state index in [1.54, 1.807) is 25.1 Å². The van der Waals surface area contributed by atoms with Gasteiger partial charge in [0.25, 0.3) is 0 Å². The molecule has 7 heteroatoms. The van der Waals surface area contributed by atoms with Crippen LogP contribution in [0.1, 0.15) is 18.4 Å². The van der Waals surface area contributed by atoms with Crippen LogP contribution in [0.15, 0.2) is 30.9 Å². The highest BCUT2D eigenvalue weighted by Gasteiger charge is 2.24. The van der Waals surface area contributed by atoms with Crippen LogP contribution in [0.25, 0.3) is 0 Å². The monoisotopic (exact) mass is 345 g/mol. The number of carbonyl (C=O) groups excluding carboxylic acids is 1. The SMILES string of the molecule is C=CCOCC(NC(=O)C(C)c1ccc(Cl)c(Cl)c1)C(=O)O. The molecule has 0 bridgehead atoms. The molecule has 0 radical (unpaired) electrons. The number of benzene rings is 1. The second-order valence-electron chi connectivity index (χ2n) is 4.62. The van der Waals surface area contributed by atoms with Crippen molar-refractivity contribution in [2.45, 2.75) is 18.9 Å². The Bertz CT molecular complexity index is 562. The average Bonchev–Trinajstić information content (AvgIpc) is 2.48. The van der Waals surface area contributed by atoms with E-state index in [0.717, 1.165) is 0 Å². The summed E-state index contributed by atoms with van der Waals surface area (Å²) in [7, 11) is 0. The number of rotatable bonds is 8. The lowest BCUT2D eigenvalue weighted by molar-refractivity contribution is -0.143. The highest BCUT2D eigenvalue weighted by atomic mass is 35.5. The molecule has 0 aliphatic rings. The van der Waals surface area contributed by atoms with Crippen molar-refractivity contribution < 1.29 is 19.4 Å². The fraction of sp³-hybridized carbons (Fsp3) is 0.333. The highest BCUT2D eigenvalue weighted by molar-refractivity contribution is 6.42. The van der Waals surface area contributed by atoms with Crippen LogP contribution in [0, 0.1) is 0 Å². The van der Waals surface area contributed by atoms with Crippen molar-refractivity contribution in [2.24, 2.45) is 0 Å². The zero-order valence-electron chi connectivity index (χ0n) is 12.0. The summed E-state index contributed by atoms with van der Waals surface area (Å²) in [6.45, 7) is 5.19. The average molecular weight is 346 g/mol.